The number of hydrogen-bond donors (Lipinski definition) is 1. The fourth-order valence-electron chi connectivity index (χ4n) is 3.16. The lowest BCUT2D eigenvalue weighted by Crippen LogP contribution is -2.32. The van der Waals surface area contributed by atoms with Crippen molar-refractivity contribution in [3.05, 3.63) is 65.7 Å². The van der Waals surface area contributed by atoms with Crippen LogP contribution in [0.25, 0.3) is 0 Å². The smallest absolute Gasteiger partial charge is 0.242 e. The summed E-state index contributed by atoms with van der Waals surface area (Å²) in [6, 6.07) is 17.6. The first-order valence-electron chi connectivity index (χ1n) is 10.3. The third-order valence-corrected chi connectivity index (χ3v) is 7.22. The van der Waals surface area contributed by atoms with E-state index in [4.69, 9.17) is 0 Å². The molecular weight excluding hydrogens is 428 g/mol. The van der Waals surface area contributed by atoms with Crippen LogP contribution < -0.4 is 10.2 Å². The Morgan fingerprint density at radius 1 is 1.13 bits per heavy atom. The molecular formula is C23H24N4O2S2. The Kier molecular flexibility index (Phi) is 6.67. The lowest BCUT2D eigenvalue weighted by Gasteiger charge is -2.17. The highest BCUT2D eigenvalue weighted by Crippen LogP contribution is 2.41. The summed E-state index contributed by atoms with van der Waals surface area (Å²) in [6.07, 6.45) is 2.43. The standard InChI is InChI=1S/C23H24N4O2S2/c1-3-19(28)27(18-13-14-18)22-25-26-23(31-22)30-20(16-7-5-4-6-8-16)21(29)24-17-11-9-15(2)10-12-17/h4-12,18,20H,3,13-14H2,1-2H3,(H,24,29). The van der Waals surface area contributed by atoms with Gasteiger partial charge >= 0.3 is 0 Å². The molecule has 1 fully saturated rings. The lowest BCUT2D eigenvalue weighted by atomic mass is 10.1. The molecule has 0 spiro atoms. The molecule has 2 amide bonds. The Bertz CT molecular complexity index is 1050. The maximum atomic E-state index is 13.2. The number of benzene rings is 2. The Morgan fingerprint density at radius 2 is 1.84 bits per heavy atom. The molecule has 1 saturated carbocycles. The van der Waals surface area contributed by atoms with E-state index in [1.807, 2.05) is 68.4 Å². The zero-order chi connectivity index (χ0) is 21.8. The fraction of sp³-hybridized carbons (Fsp3) is 0.304. The first-order valence-corrected chi connectivity index (χ1v) is 12.0. The summed E-state index contributed by atoms with van der Waals surface area (Å²) in [5, 5.41) is 11.7. The van der Waals surface area contributed by atoms with E-state index in [0.29, 0.717) is 15.9 Å². The molecule has 1 atom stereocenters. The second-order valence-electron chi connectivity index (χ2n) is 7.46. The Hall–Kier alpha value is -2.71. The molecule has 2 aromatic carbocycles. The molecule has 3 aromatic rings. The molecule has 1 N–H and O–H groups in total. The molecule has 0 saturated heterocycles. The topological polar surface area (TPSA) is 75.2 Å². The van der Waals surface area contributed by atoms with Crippen molar-refractivity contribution in [3.63, 3.8) is 0 Å². The highest BCUT2D eigenvalue weighted by molar-refractivity contribution is 8.02. The molecule has 0 aliphatic heterocycles. The quantitative estimate of drug-likeness (QED) is 0.374. The average Bonchev–Trinajstić information content (AvgIpc) is 3.51. The Balaban J connectivity index is 1.55. The lowest BCUT2D eigenvalue weighted by molar-refractivity contribution is -0.118. The van der Waals surface area contributed by atoms with E-state index < -0.39 is 5.25 Å². The zero-order valence-corrected chi connectivity index (χ0v) is 19.1. The third-order valence-electron chi connectivity index (χ3n) is 4.96. The van der Waals surface area contributed by atoms with Gasteiger partial charge in [0.15, 0.2) is 4.34 Å². The Morgan fingerprint density at radius 3 is 2.48 bits per heavy atom. The van der Waals surface area contributed by atoms with Gasteiger partial charge in [-0.3, -0.25) is 14.5 Å². The fourth-order valence-corrected chi connectivity index (χ4v) is 5.29. The van der Waals surface area contributed by atoms with Crippen molar-refractivity contribution >= 4 is 45.7 Å². The van der Waals surface area contributed by atoms with Crippen molar-refractivity contribution in [2.45, 2.75) is 48.7 Å². The number of thioether (sulfide) groups is 1. The van der Waals surface area contributed by atoms with Crippen LogP contribution in [0.1, 0.15) is 42.6 Å². The minimum absolute atomic E-state index is 0.0620. The number of nitrogens with zero attached hydrogens (tertiary/aromatic N) is 3. The monoisotopic (exact) mass is 452 g/mol. The summed E-state index contributed by atoms with van der Waals surface area (Å²) in [5.41, 5.74) is 2.77. The number of anilines is 2. The largest absolute Gasteiger partial charge is 0.325 e. The number of amides is 2. The van der Waals surface area contributed by atoms with Crippen molar-refractivity contribution in [1.82, 2.24) is 10.2 Å². The Labute approximate surface area is 190 Å². The minimum Gasteiger partial charge on any atom is -0.325 e. The molecule has 0 bridgehead atoms. The van der Waals surface area contributed by atoms with Gasteiger partial charge in [-0.15, -0.1) is 10.2 Å². The van der Waals surface area contributed by atoms with Crippen LogP contribution in [0, 0.1) is 6.92 Å². The SMILES string of the molecule is CCC(=O)N(c1nnc(SC(C(=O)Nc2ccc(C)cc2)c2ccccc2)s1)C1CC1. The van der Waals surface area contributed by atoms with E-state index in [1.165, 1.54) is 23.1 Å². The van der Waals surface area contributed by atoms with Gasteiger partial charge in [-0.25, -0.2) is 0 Å². The van der Waals surface area contributed by atoms with Gasteiger partial charge in [-0.1, -0.05) is 78.1 Å². The van der Waals surface area contributed by atoms with E-state index in [1.54, 1.807) is 4.90 Å². The molecule has 1 aromatic heterocycles. The van der Waals surface area contributed by atoms with Gasteiger partial charge in [-0.05, 0) is 37.5 Å². The molecule has 160 valence electrons. The number of carbonyl (C=O) groups excluding carboxylic acids is 2. The molecule has 1 aliphatic carbocycles. The number of hydrogen-bond acceptors (Lipinski definition) is 6. The molecule has 0 radical (unpaired) electrons. The summed E-state index contributed by atoms with van der Waals surface area (Å²) < 4.78 is 0.664. The van der Waals surface area contributed by atoms with Crippen molar-refractivity contribution < 1.29 is 9.59 Å². The highest BCUT2D eigenvalue weighted by atomic mass is 32.2. The van der Waals surface area contributed by atoms with Gasteiger partial charge in [0.05, 0.1) is 0 Å². The maximum Gasteiger partial charge on any atom is 0.242 e. The number of carbonyl (C=O) groups is 2. The summed E-state index contributed by atoms with van der Waals surface area (Å²) in [5.74, 6) is -0.0626. The second-order valence-corrected chi connectivity index (χ2v) is 9.77. The van der Waals surface area contributed by atoms with Crippen molar-refractivity contribution in [3.8, 4) is 0 Å². The van der Waals surface area contributed by atoms with Crippen LogP contribution in [-0.4, -0.2) is 28.1 Å². The van der Waals surface area contributed by atoms with Crippen LogP contribution >= 0.6 is 23.1 Å². The van der Waals surface area contributed by atoms with Crippen molar-refractivity contribution in [2.24, 2.45) is 0 Å². The van der Waals surface area contributed by atoms with Gasteiger partial charge in [0.2, 0.25) is 16.9 Å². The van der Waals surface area contributed by atoms with Crippen molar-refractivity contribution in [2.75, 3.05) is 10.2 Å². The molecule has 8 heteroatoms. The minimum atomic E-state index is -0.487. The first kappa shape index (κ1) is 21.5. The average molecular weight is 453 g/mol. The van der Waals surface area contributed by atoms with Crippen molar-refractivity contribution in [1.29, 1.82) is 0 Å². The molecule has 31 heavy (non-hydrogen) atoms. The van der Waals surface area contributed by atoms with Gasteiger partial charge < -0.3 is 5.32 Å². The van der Waals surface area contributed by atoms with Crippen LogP contribution in [0.15, 0.2) is 58.9 Å². The molecule has 1 aliphatic rings. The zero-order valence-electron chi connectivity index (χ0n) is 17.4. The molecule has 1 heterocycles. The third kappa shape index (κ3) is 5.32. The van der Waals surface area contributed by atoms with E-state index in [-0.39, 0.29) is 17.9 Å². The van der Waals surface area contributed by atoms with E-state index >= 15 is 0 Å². The van der Waals surface area contributed by atoms with Crippen LogP contribution in [0.4, 0.5) is 10.8 Å². The number of rotatable bonds is 8. The highest BCUT2D eigenvalue weighted by Gasteiger charge is 2.35. The molecule has 6 nitrogen and oxygen atoms in total. The van der Waals surface area contributed by atoms with Gasteiger partial charge in [-0.2, -0.15) is 0 Å². The van der Waals surface area contributed by atoms with Crippen LogP contribution in [0.2, 0.25) is 0 Å². The predicted octanol–water partition coefficient (Wildman–Crippen LogP) is 5.22. The van der Waals surface area contributed by atoms with E-state index in [0.717, 1.165) is 29.7 Å². The number of aromatic nitrogens is 2. The normalized spacial score (nSPS) is 14.1. The van der Waals surface area contributed by atoms with Gasteiger partial charge in [0.1, 0.15) is 5.25 Å². The molecule has 1 unspecified atom stereocenters. The molecule has 4 rings (SSSR count). The number of nitrogens with one attached hydrogen (secondary N) is 1. The van der Waals surface area contributed by atoms with Gasteiger partial charge in [0, 0.05) is 18.2 Å². The van der Waals surface area contributed by atoms with Crippen LogP contribution in [0.3, 0.4) is 0 Å². The summed E-state index contributed by atoms with van der Waals surface area (Å²) in [7, 11) is 0. The van der Waals surface area contributed by atoms with E-state index in [9.17, 15) is 9.59 Å². The maximum absolute atomic E-state index is 13.2. The summed E-state index contributed by atoms with van der Waals surface area (Å²) in [6.45, 7) is 3.87. The van der Waals surface area contributed by atoms with Crippen LogP contribution in [0.5, 0.6) is 0 Å². The number of aryl methyl sites for hydroxylation is 1. The first-order chi connectivity index (χ1) is 15.0. The van der Waals surface area contributed by atoms with Gasteiger partial charge in [0.25, 0.3) is 0 Å². The van der Waals surface area contributed by atoms with Crippen LogP contribution in [-0.2, 0) is 9.59 Å². The summed E-state index contributed by atoms with van der Waals surface area (Å²) in [4.78, 5) is 27.3. The predicted molar refractivity (Wildman–Crippen MR) is 126 cm³/mol. The van der Waals surface area contributed by atoms with E-state index in [2.05, 4.69) is 15.5 Å². The summed E-state index contributed by atoms with van der Waals surface area (Å²) >= 11 is 2.72. The second kappa shape index (κ2) is 9.62.